The molecule has 2 rings (SSSR count). The van der Waals surface area contributed by atoms with E-state index in [1.165, 1.54) is 7.11 Å². The number of cyclic esters (lactones) is 1. The van der Waals surface area contributed by atoms with Crippen molar-refractivity contribution in [3.8, 4) is 11.5 Å². The predicted octanol–water partition coefficient (Wildman–Crippen LogP) is 1.20. The number of hydrogen-bond acceptors (Lipinski definition) is 5. The van der Waals surface area contributed by atoms with Crippen LogP contribution in [0.4, 0.5) is 0 Å². The Morgan fingerprint density at radius 3 is 2.88 bits per heavy atom. The van der Waals surface area contributed by atoms with Gasteiger partial charge in [-0.05, 0) is 12.1 Å². The van der Waals surface area contributed by atoms with Gasteiger partial charge in [-0.1, -0.05) is 0 Å². The number of carbonyl (C=O) groups is 2. The van der Waals surface area contributed by atoms with Gasteiger partial charge in [0.2, 0.25) is 0 Å². The molecule has 0 radical (unpaired) electrons. The molecule has 1 aliphatic heterocycles. The fraction of sp³-hybridized carbons (Fsp3) is 0.333. The molecule has 1 heterocycles. The first-order valence-corrected chi connectivity index (χ1v) is 5.21. The fourth-order valence-electron chi connectivity index (χ4n) is 1.58. The maximum Gasteiger partial charge on any atom is 0.347 e. The first-order chi connectivity index (χ1) is 8.24. The summed E-state index contributed by atoms with van der Waals surface area (Å²) in [6.07, 6.45) is 0.532. The molecule has 0 N–H and O–H groups in total. The van der Waals surface area contributed by atoms with Crippen molar-refractivity contribution >= 4 is 12.3 Å². The Morgan fingerprint density at radius 2 is 2.29 bits per heavy atom. The van der Waals surface area contributed by atoms with Crippen LogP contribution in [0.3, 0.4) is 0 Å². The molecule has 1 aliphatic rings. The summed E-state index contributed by atoms with van der Waals surface area (Å²) in [6, 6.07) is 4.82. The third-order valence-electron chi connectivity index (χ3n) is 2.50. The lowest BCUT2D eigenvalue weighted by molar-refractivity contribution is -0.143. The van der Waals surface area contributed by atoms with Crippen molar-refractivity contribution in [3.05, 3.63) is 23.8 Å². The summed E-state index contributed by atoms with van der Waals surface area (Å²) in [5.41, 5.74) is 0.380. The number of carbonyl (C=O) groups excluding carboxylic acids is 2. The molecule has 5 nitrogen and oxygen atoms in total. The summed E-state index contributed by atoms with van der Waals surface area (Å²) in [6.45, 7) is 0.351. The Kier molecular flexibility index (Phi) is 3.27. The van der Waals surface area contributed by atoms with Gasteiger partial charge in [0, 0.05) is 12.5 Å². The molecule has 1 aromatic carbocycles. The normalized spacial score (nSPS) is 18.6. The Labute approximate surface area is 98.3 Å². The molecular weight excluding hydrogens is 224 g/mol. The highest BCUT2D eigenvalue weighted by atomic mass is 16.6. The molecule has 1 unspecified atom stereocenters. The van der Waals surface area contributed by atoms with Gasteiger partial charge in [-0.25, -0.2) is 4.79 Å². The quantitative estimate of drug-likeness (QED) is 0.580. The van der Waals surface area contributed by atoms with Gasteiger partial charge in [0.25, 0.3) is 0 Å². The van der Waals surface area contributed by atoms with Crippen LogP contribution in [0.2, 0.25) is 0 Å². The van der Waals surface area contributed by atoms with E-state index in [9.17, 15) is 9.59 Å². The van der Waals surface area contributed by atoms with E-state index < -0.39 is 12.1 Å². The Bertz CT molecular complexity index is 441. The van der Waals surface area contributed by atoms with Crippen molar-refractivity contribution in [1.82, 2.24) is 0 Å². The van der Waals surface area contributed by atoms with E-state index in [0.29, 0.717) is 36.4 Å². The first-order valence-electron chi connectivity index (χ1n) is 5.21. The van der Waals surface area contributed by atoms with Crippen LogP contribution in [0.15, 0.2) is 18.2 Å². The molecule has 0 bridgehead atoms. The van der Waals surface area contributed by atoms with Crippen LogP contribution in [0.1, 0.15) is 16.8 Å². The van der Waals surface area contributed by atoms with Gasteiger partial charge in [0.05, 0.1) is 19.3 Å². The molecule has 1 aromatic rings. The minimum Gasteiger partial charge on any atom is -0.497 e. The molecule has 1 atom stereocenters. The van der Waals surface area contributed by atoms with Crippen LogP contribution in [0.5, 0.6) is 11.5 Å². The second-order valence-electron chi connectivity index (χ2n) is 3.58. The van der Waals surface area contributed by atoms with E-state index in [0.717, 1.165) is 0 Å². The van der Waals surface area contributed by atoms with E-state index in [1.54, 1.807) is 18.2 Å². The molecule has 5 heteroatoms. The lowest BCUT2D eigenvalue weighted by atomic mass is 10.2. The number of rotatable bonds is 4. The zero-order valence-corrected chi connectivity index (χ0v) is 9.34. The second-order valence-corrected chi connectivity index (χ2v) is 3.58. The van der Waals surface area contributed by atoms with Gasteiger partial charge in [-0.15, -0.1) is 0 Å². The highest BCUT2D eigenvalue weighted by Gasteiger charge is 2.29. The molecule has 90 valence electrons. The highest BCUT2D eigenvalue weighted by Crippen LogP contribution is 2.26. The van der Waals surface area contributed by atoms with Crippen molar-refractivity contribution in [2.45, 2.75) is 12.5 Å². The third kappa shape index (κ3) is 2.38. The Balaban J connectivity index is 2.23. The van der Waals surface area contributed by atoms with Crippen molar-refractivity contribution in [1.29, 1.82) is 0 Å². The predicted molar refractivity (Wildman–Crippen MR) is 58.4 cm³/mol. The third-order valence-corrected chi connectivity index (χ3v) is 2.50. The number of aldehydes is 1. The summed E-state index contributed by atoms with van der Waals surface area (Å²) in [5, 5.41) is 0. The Morgan fingerprint density at radius 1 is 1.47 bits per heavy atom. The maximum absolute atomic E-state index is 11.3. The topological polar surface area (TPSA) is 61.8 Å². The number of methoxy groups -OCH3 is 1. The van der Waals surface area contributed by atoms with Crippen LogP contribution >= 0.6 is 0 Å². The standard InChI is InChI=1S/C12H12O5/c1-15-9-3-2-8(7-13)11(6-9)17-10-4-5-16-12(10)14/h2-3,6-7,10H,4-5H2,1H3. The van der Waals surface area contributed by atoms with E-state index in [4.69, 9.17) is 14.2 Å². The number of hydrogen-bond donors (Lipinski definition) is 0. The summed E-state index contributed by atoms with van der Waals surface area (Å²) in [7, 11) is 1.52. The van der Waals surface area contributed by atoms with Crippen LogP contribution < -0.4 is 9.47 Å². The lowest BCUT2D eigenvalue weighted by Crippen LogP contribution is -2.22. The molecule has 17 heavy (non-hydrogen) atoms. The van der Waals surface area contributed by atoms with Gasteiger partial charge in [-0.3, -0.25) is 4.79 Å². The first kappa shape index (κ1) is 11.4. The highest BCUT2D eigenvalue weighted by molar-refractivity contribution is 5.81. The van der Waals surface area contributed by atoms with E-state index in [1.807, 2.05) is 0 Å². The summed E-state index contributed by atoms with van der Waals surface area (Å²) in [4.78, 5) is 22.1. The van der Waals surface area contributed by atoms with Gasteiger partial charge in [0.1, 0.15) is 11.5 Å². The van der Waals surface area contributed by atoms with Gasteiger partial charge < -0.3 is 14.2 Å². The maximum atomic E-state index is 11.3. The van der Waals surface area contributed by atoms with Crippen molar-refractivity contribution in [2.75, 3.05) is 13.7 Å². The fourth-order valence-corrected chi connectivity index (χ4v) is 1.58. The molecule has 0 amide bonds. The number of benzene rings is 1. The van der Waals surface area contributed by atoms with Gasteiger partial charge in [0.15, 0.2) is 12.4 Å². The van der Waals surface area contributed by atoms with Crippen molar-refractivity contribution in [2.24, 2.45) is 0 Å². The monoisotopic (exact) mass is 236 g/mol. The van der Waals surface area contributed by atoms with E-state index in [-0.39, 0.29) is 0 Å². The zero-order chi connectivity index (χ0) is 12.3. The lowest BCUT2D eigenvalue weighted by Gasteiger charge is -2.12. The van der Waals surface area contributed by atoms with E-state index in [2.05, 4.69) is 0 Å². The van der Waals surface area contributed by atoms with Crippen LogP contribution in [0.25, 0.3) is 0 Å². The average molecular weight is 236 g/mol. The van der Waals surface area contributed by atoms with Crippen LogP contribution in [-0.2, 0) is 9.53 Å². The van der Waals surface area contributed by atoms with Crippen molar-refractivity contribution in [3.63, 3.8) is 0 Å². The second kappa shape index (κ2) is 4.86. The largest absolute Gasteiger partial charge is 0.497 e. The number of esters is 1. The molecule has 0 saturated carbocycles. The molecule has 0 aliphatic carbocycles. The Hall–Kier alpha value is -2.04. The zero-order valence-electron chi connectivity index (χ0n) is 9.34. The molecule has 1 saturated heterocycles. The SMILES string of the molecule is COc1ccc(C=O)c(OC2CCOC2=O)c1. The summed E-state index contributed by atoms with van der Waals surface area (Å²) in [5.74, 6) is 0.504. The summed E-state index contributed by atoms with van der Waals surface area (Å²) >= 11 is 0. The molecular formula is C12H12O5. The smallest absolute Gasteiger partial charge is 0.347 e. The molecule has 1 fully saturated rings. The van der Waals surface area contributed by atoms with E-state index >= 15 is 0 Å². The number of ether oxygens (including phenoxy) is 3. The van der Waals surface area contributed by atoms with Gasteiger partial charge in [-0.2, -0.15) is 0 Å². The summed E-state index contributed by atoms with van der Waals surface area (Å²) < 4.78 is 15.3. The minimum atomic E-state index is -0.638. The minimum absolute atomic E-state index is 0.336. The van der Waals surface area contributed by atoms with Crippen LogP contribution in [0, 0.1) is 0 Å². The van der Waals surface area contributed by atoms with Crippen molar-refractivity contribution < 1.29 is 23.8 Å². The molecule has 0 aromatic heterocycles. The van der Waals surface area contributed by atoms with Crippen LogP contribution in [-0.4, -0.2) is 32.1 Å². The average Bonchev–Trinajstić information content (AvgIpc) is 2.75. The van der Waals surface area contributed by atoms with Gasteiger partial charge >= 0.3 is 5.97 Å². The molecule has 0 spiro atoms.